The highest BCUT2D eigenvalue weighted by molar-refractivity contribution is 5.71. The fraction of sp³-hybridized carbons (Fsp3) is 0.746. The Labute approximate surface area is 402 Å². The van der Waals surface area contributed by atoms with Gasteiger partial charge in [0.1, 0.15) is 13.2 Å². The van der Waals surface area contributed by atoms with E-state index in [0.29, 0.717) is 19.3 Å². The van der Waals surface area contributed by atoms with Crippen LogP contribution in [0, 0.1) is 0 Å². The number of hydrogen-bond acceptors (Lipinski definition) is 6. The standard InChI is InChI=1S/C59H102O6/c1-4-7-10-13-16-19-22-25-27-28-29-30-32-34-37-40-43-46-49-52-58(61)64-55-56(54-63-57(60)51-48-45-42-39-36-33-24-21-18-15-12-9-6-3)65-59(62)53-50-47-44-41-38-35-31-26-23-20-17-14-11-8-5-2/h7,10,16,19,21,24-25,27,29-30,34,37,56H,4-6,8-9,11-15,17-18,20,22-23,26,28,31-33,35-36,38-55H2,1-3H3/b10-7-,19-16-,24-21-,27-25-,30-29-,37-34-. The number of allylic oxidation sites excluding steroid dienone is 12. The van der Waals surface area contributed by atoms with E-state index in [4.69, 9.17) is 14.2 Å². The van der Waals surface area contributed by atoms with Gasteiger partial charge in [-0.05, 0) is 89.9 Å². The minimum absolute atomic E-state index is 0.0886. The summed E-state index contributed by atoms with van der Waals surface area (Å²) < 4.78 is 16.8. The van der Waals surface area contributed by atoms with Gasteiger partial charge in [0.05, 0.1) is 0 Å². The summed E-state index contributed by atoms with van der Waals surface area (Å²) in [6.07, 6.45) is 67.4. The molecule has 0 spiro atoms. The van der Waals surface area contributed by atoms with Crippen LogP contribution in [0.5, 0.6) is 0 Å². The molecule has 0 aliphatic heterocycles. The molecular weight excluding hydrogens is 805 g/mol. The number of carbonyl (C=O) groups excluding carboxylic acids is 3. The molecule has 0 aliphatic rings. The second-order valence-corrected chi connectivity index (χ2v) is 18.1. The molecule has 0 aromatic carbocycles. The molecule has 6 heteroatoms. The van der Waals surface area contributed by atoms with Crippen molar-refractivity contribution in [3.8, 4) is 0 Å². The zero-order chi connectivity index (χ0) is 47.2. The van der Waals surface area contributed by atoms with Gasteiger partial charge in [-0.15, -0.1) is 0 Å². The average Bonchev–Trinajstić information content (AvgIpc) is 3.30. The summed E-state index contributed by atoms with van der Waals surface area (Å²) in [6, 6.07) is 0. The second kappa shape index (κ2) is 53.5. The first-order valence-electron chi connectivity index (χ1n) is 27.4. The summed E-state index contributed by atoms with van der Waals surface area (Å²) in [6.45, 7) is 6.49. The summed E-state index contributed by atoms with van der Waals surface area (Å²) in [4.78, 5) is 38.1. The van der Waals surface area contributed by atoms with Crippen molar-refractivity contribution in [2.75, 3.05) is 13.2 Å². The van der Waals surface area contributed by atoms with Crippen LogP contribution in [-0.2, 0) is 28.6 Å². The van der Waals surface area contributed by atoms with Crippen molar-refractivity contribution in [1.29, 1.82) is 0 Å². The highest BCUT2D eigenvalue weighted by Crippen LogP contribution is 2.15. The minimum atomic E-state index is -0.790. The molecule has 0 aromatic heterocycles. The molecule has 1 atom stereocenters. The molecule has 0 amide bonds. The van der Waals surface area contributed by atoms with E-state index in [0.717, 1.165) is 103 Å². The number of ether oxygens (including phenoxy) is 3. The lowest BCUT2D eigenvalue weighted by Gasteiger charge is -2.18. The van der Waals surface area contributed by atoms with Gasteiger partial charge in [0.2, 0.25) is 0 Å². The lowest BCUT2D eigenvalue weighted by molar-refractivity contribution is -0.167. The molecule has 0 aliphatic carbocycles. The van der Waals surface area contributed by atoms with E-state index in [9.17, 15) is 14.4 Å². The zero-order valence-electron chi connectivity index (χ0n) is 42.7. The monoisotopic (exact) mass is 907 g/mol. The number of unbranched alkanes of at least 4 members (excludes halogenated alkanes) is 26. The Balaban J connectivity index is 4.43. The van der Waals surface area contributed by atoms with Gasteiger partial charge in [0, 0.05) is 19.3 Å². The Hall–Kier alpha value is -3.15. The molecule has 0 heterocycles. The van der Waals surface area contributed by atoms with Crippen molar-refractivity contribution in [3.63, 3.8) is 0 Å². The third kappa shape index (κ3) is 51.7. The normalized spacial score (nSPS) is 12.6. The van der Waals surface area contributed by atoms with E-state index in [2.05, 4.69) is 93.7 Å². The van der Waals surface area contributed by atoms with Crippen molar-refractivity contribution in [1.82, 2.24) is 0 Å². The van der Waals surface area contributed by atoms with Crippen molar-refractivity contribution in [3.05, 3.63) is 72.9 Å². The summed E-state index contributed by atoms with van der Waals surface area (Å²) in [5, 5.41) is 0. The topological polar surface area (TPSA) is 78.9 Å². The van der Waals surface area contributed by atoms with Gasteiger partial charge in [0.25, 0.3) is 0 Å². The predicted octanol–water partition coefficient (Wildman–Crippen LogP) is 18.2. The molecule has 0 aromatic rings. The van der Waals surface area contributed by atoms with Gasteiger partial charge < -0.3 is 14.2 Å². The van der Waals surface area contributed by atoms with Crippen LogP contribution in [0.2, 0.25) is 0 Å². The van der Waals surface area contributed by atoms with Gasteiger partial charge in [-0.25, -0.2) is 0 Å². The Morgan fingerprint density at radius 3 is 0.985 bits per heavy atom. The molecule has 65 heavy (non-hydrogen) atoms. The Bertz CT molecular complexity index is 1230. The molecule has 0 saturated heterocycles. The van der Waals surface area contributed by atoms with Crippen LogP contribution >= 0.6 is 0 Å². The number of rotatable bonds is 49. The van der Waals surface area contributed by atoms with Crippen LogP contribution in [0.25, 0.3) is 0 Å². The van der Waals surface area contributed by atoms with Crippen LogP contribution in [0.3, 0.4) is 0 Å². The van der Waals surface area contributed by atoms with Crippen molar-refractivity contribution in [2.24, 2.45) is 0 Å². The van der Waals surface area contributed by atoms with Crippen molar-refractivity contribution in [2.45, 2.75) is 271 Å². The van der Waals surface area contributed by atoms with Crippen molar-refractivity contribution >= 4 is 17.9 Å². The maximum atomic E-state index is 12.8. The van der Waals surface area contributed by atoms with Crippen LogP contribution in [0.15, 0.2) is 72.9 Å². The lowest BCUT2D eigenvalue weighted by Crippen LogP contribution is -2.30. The smallest absolute Gasteiger partial charge is 0.306 e. The molecule has 0 rings (SSSR count). The predicted molar refractivity (Wildman–Crippen MR) is 279 cm³/mol. The van der Waals surface area contributed by atoms with Crippen LogP contribution in [0.4, 0.5) is 0 Å². The van der Waals surface area contributed by atoms with E-state index < -0.39 is 6.10 Å². The third-order valence-electron chi connectivity index (χ3n) is 11.7. The maximum absolute atomic E-state index is 12.8. The Morgan fingerprint density at radius 2 is 0.600 bits per heavy atom. The summed E-state index contributed by atoms with van der Waals surface area (Å²) in [5.74, 6) is -0.923. The van der Waals surface area contributed by atoms with Crippen LogP contribution in [0.1, 0.15) is 265 Å². The van der Waals surface area contributed by atoms with Crippen LogP contribution < -0.4 is 0 Å². The van der Waals surface area contributed by atoms with E-state index in [1.807, 2.05) is 0 Å². The molecule has 0 fully saturated rings. The fourth-order valence-corrected chi connectivity index (χ4v) is 7.58. The van der Waals surface area contributed by atoms with E-state index in [-0.39, 0.29) is 31.1 Å². The number of hydrogen-bond donors (Lipinski definition) is 0. The van der Waals surface area contributed by atoms with E-state index in [1.54, 1.807) is 0 Å². The molecule has 0 N–H and O–H groups in total. The molecule has 0 bridgehead atoms. The summed E-state index contributed by atoms with van der Waals surface area (Å²) in [5.41, 5.74) is 0. The van der Waals surface area contributed by atoms with Gasteiger partial charge >= 0.3 is 17.9 Å². The third-order valence-corrected chi connectivity index (χ3v) is 11.7. The molecular formula is C59H102O6. The summed E-state index contributed by atoms with van der Waals surface area (Å²) in [7, 11) is 0. The van der Waals surface area contributed by atoms with Gasteiger partial charge in [-0.3, -0.25) is 14.4 Å². The zero-order valence-corrected chi connectivity index (χ0v) is 42.7. The molecule has 0 radical (unpaired) electrons. The Morgan fingerprint density at radius 1 is 0.323 bits per heavy atom. The Kier molecular flexibility index (Phi) is 50.9. The van der Waals surface area contributed by atoms with E-state index in [1.165, 1.54) is 122 Å². The number of carbonyl (C=O) groups is 3. The van der Waals surface area contributed by atoms with Crippen molar-refractivity contribution < 1.29 is 28.6 Å². The molecule has 1 unspecified atom stereocenters. The van der Waals surface area contributed by atoms with E-state index >= 15 is 0 Å². The molecule has 0 saturated carbocycles. The quantitative estimate of drug-likeness (QED) is 0.0262. The van der Waals surface area contributed by atoms with Gasteiger partial charge in [0.15, 0.2) is 6.10 Å². The lowest BCUT2D eigenvalue weighted by atomic mass is 10.0. The summed E-state index contributed by atoms with van der Waals surface area (Å²) >= 11 is 0. The SMILES string of the molecule is CC/C=C\C/C=C\C/C=C\C/C=C\C/C=C\CCCCCC(=O)OCC(COC(=O)CCCCCCC/C=C\CCCCCC)OC(=O)CCCCCCCCCCCCCCCCC. The fourth-order valence-electron chi connectivity index (χ4n) is 7.58. The van der Waals surface area contributed by atoms with Crippen LogP contribution in [-0.4, -0.2) is 37.2 Å². The first kappa shape index (κ1) is 61.9. The average molecular weight is 907 g/mol. The first-order valence-corrected chi connectivity index (χ1v) is 27.4. The molecule has 374 valence electrons. The molecule has 6 nitrogen and oxygen atoms in total. The van der Waals surface area contributed by atoms with Gasteiger partial charge in [-0.2, -0.15) is 0 Å². The largest absolute Gasteiger partial charge is 0.462 e. The highest BCUT2D eigenvalue weighted by Gasteiger charge is 2.19. The van der Waals surface area contributed by atoms with Gasteiger partial charge in [-0.1, -0.05) is 229 Å². The second-order valence-electron chi connectivity index (χ2n) is 18.1. The minimum Gasteiger partial charge on any atom is -0.462 e. The maximum Gasteiger partial charge on any atom is 0.306 e. The number of esters is 3. The highest BCUT2D eigenvalue weighted by atomic mass is 16.6. The first-order chi connectivity index (χ1) is 32.0.